The van der Waals surface area contributed by atoms with Crippen LogP contribution < -0.4 is 5.32 Å². The first kappa shape index (κ1) is 14.1. The number of amides is 1. The Bertz CT molecular complexity index is 432. The van der Waals surface area contributed by atoms with Crippen LogP contribution in [0.15, 0.2) is 12.4 Å². The van der Waals surface area contributed by atoms with Crippen LogP contribution in [0.3, 0.4) is 0 Å². The Balaban J connectivity index is 2.68. The molecule has 2 unspecified atom stereocenters. The molecule has 9 heteroatoms. The van der Waals surface area contributed by atoms with Crippen LogP contribution in [0.4, 0.5) is 5.95 Å². The molecular weight excluding hydrogens is 244 g/mol. The number of aromatic nitrogens is 2. The number of carbonyl (C=O) groups excluding carboxylic acids is 1. The molecule has 0 saturated heterocycles. The molecule has 1 amide bonds. The van der Waals surface area contributed by atoms with Gasteiger partial charge in [0.05, 0.1) is 12.7 Å². The number of aliphatic hydroxyl groups excluding tert-OH is 2. The summed E-state index contributed by atoms with van der Waals surface area (Å²) >= 11 is 0. The first-order chi connectivity index (χ1) is 8.47. The van der Waals surface area contributed by atoms with Gasteiger partial charge in [0, 0.05) is 6.54 Å². The highest BCUT2D eigenvalue weighted by Crippen LogP contribution is 2.15. The summed E-state index contributed by atoms with van der Waals surface area (Å²) in [6, 6.07) is -0.834. The smallest absolute Gasteiger partial charge is 0.394 e. The molecule has 100 valence electrons. The largest absolute Gasteiger partial charge is 0.435 e. The molecule has 2 atom stereocenters. The van der Waals surface area contributed by atoms with Gasteiger partial charge in [-0.25, -0.2) is 4.57 Å². The molecule has 1 rings (SSSR count). The lowest BCUT2D eigenvalue weighted by molar-refractivity contribution is -0.397. The zero-order chi connectivity index (χ0) is 13.7. The van der Waals surface area contributed by atoms with E-state index in [4.69, 9.17) is 10.2 Å². The maximum absolute atomic E-state index is 11.7. The maximum Gasteiger partial charge on any atom is 0.435 e. The molecule has 1 aromatic heterocycles. The van der Waals surface area contributed by atoms with E-state index in [1.54, 1.807) is 0 Å². The third kappa shape index (κ3) is 3.25. The van der Waals surface area contributed by atoms with E-state index in [1.807, 2.05) is 0 Å². The Kier molecular flexibility index (Phi) is 4.75. The zero-order valence-corrected chi connectivity index (χ0v) is 9.68. The molecule has 0 saturated carbocycles. The molecule has 0 bridgehead atoms. The molecule has 0 aliphatic rings. The minimum Gasteiger partial charge on any atom is -0.394 e. The number of nitrogens with one attached hydrogen (secondary N) is 1. The molecule has 18 heavy (non-hydrogen) atoms. The van der Waals surface area contributed by atoms with Crippen LogP contribution in [0.1, 0.15) is 13.0 Å². The number of nitro groups is 1. The number of hydrogen-bond donors (Lipinski definition) is 3. The first-order valence-electron chi connectivity index (χ1n) is 5.21. The minimum atomic E-state index is -1.06. The Morgan fingerprint density at radius 3 is 2.94 bits per heavy atom. The standard InChI is InChI=1S/C9H14N4O5/c1-6(8(16)11-4-7(15)5-14)12-3-2-10-9(12)13(17)18/h2-3,6-7,14-15H,4-5H2,1H3,(H,11,16). The molecule has 0 radical (unpaired) electrons. The molecule has 1 aromatic rings. The van der Waals surface area contributed by atoms with Crippen molar-refractivity contribution in [3.8, 4) is 0 Å². The van der Waals surface area contributed by atoms with E-state index in [0.717, 1.165) is 4.57 Å². The second kappa shape index (κ2) is 6.07. The van der Waals surface area contributed by atoms with Gasteiger partial charge < -0.3 is 25.6 Å². The summed E-state index contributed by atoms with van der Waals surface area (Å²) in [5.41, 5.74) is 0. The fourth-order valence-electron chi connectivity index (χ4n) is 1.31. The summed E-state index contributed by atoms with van der Waals surface area (Å²) < 4.78 is 1.11. The van der Waals surface area contributed by atoms with Crippen molar-refractivity contribution in [1.29, 1.82) is 0 Å². The van der Waals surface area contributed by atoms with Gasteiger partial charge in [-0.15, -0.1) is 0 Å². The van der Waals surface area contributed by atoms with Gasteiger partial charge in [-0.2, -0.15) is 0 Å². The van der Waals surface area contributed by atoms with E-state index in [2.05, 4.69) is 10.3 Å². The number of imidazole rings is 1. The summed E-state index contributed by atoms with van der Waals surface area (Å²) in [6.45, 7) is 0.872. The third-order valence-corrected chi connectivity index (χ3v) is 2.33. The predicted octanol–water partition coefficient (Wildman–Crippen LogP) is -1.18. The molecule has 0 fully saturated rings. The molecule has 0 aliphatic carbocycles. The van der Waals surface area contributed by atoms with Crippen LogP contribution in [0.2, 0.25) is 0 Å². The van der Waals surface area contributed by atoms with Crippen LogP contribution in [0, 0.1) is 10.1 Å². The molecule has 1 heterocycles. The van der Waals surface area contributed by atoms with E-state index >= 15 is 0 Å². The fraction of sp³-hybridized carbons (Fsp3) is 0.556. The molecule has 0 aliphatic heterocycles. The number of hydrogen-bond acceptors (Lipinski definition) is 6. The Labute approximate surface area is 102 Å². The number of nitrogens with zero attached hydrogens (tertiary/aromatic N) is 3. The van der Waals surface area contributed by atoms with Crippen LogP contribution in [-0.2, 0) is 4.79 Å². The van der Waals surface area contributed by atoms with Crippen molar-refractivity contribution >= 4 is 11.9 Å². The van der Waals surface area contributed by atoms with E-state index in [9.17, 15) is 14.9 Å². The second-order valence-corrected chi connectivity index (χ2v) is 3.65. The van der Waals surface area contributed by atoms with E-state index < -0.39 is 35.5 Å². The maximum atomic E-state index is 11.7. The van der Waals surface area contributed by atoms with Gasteiger partial charge in [0.2, 0.25) is 0 Å². The van der Waals surface area contributed by atoms with Crippen molar-refractivity contribution in [1.82, 2.24) is 14.9 Å². The van der Waals surface area contributed by atoms with Crippen LogP contribution in [0.25, 0.3) is 0 Å². The van der Waals surface area contributed by atoms with Gasteiger partial charge in [-0.05, 0) is 11.8 Å². The number of carbonyl (C=O) groups is 1. The molecule has 9 nitrogen and oxygen atoms in total. The first-order valence-corrected chi connectivity index (χ1v) is 5.21. The molecule has 0 aromatic carbocycles. The molecular formula is C9H14N4O5. The van der Waals surface area contributed by atoms with E-state index in [-0.39, 0.29) is 6.54 Å². The summed E-state index contributed by atoms with van der Waals surface area (Å²) in [7, 11) is 0. The van der Waals surface area contributed by atoms with Crippen LogP contribution in [0.5, 0.6) is 0 Å². The minimum absolute atomic E-state index is 0.123. The summed E-state index contributed by atoms with van der Waals surface area (Å²) in [6.07, 6.45) is 1.49. The predicted molar refractivity (Wildman–Crippen MR) is 59.7 cm³/mol. The van der Waals surface area contributed by atoms with Gasteiger partial charge in [0.25, 0.3) is 5.91 Å². The lowest BCUT2D eigenvalue weighted by Gasteiger charge is -2.13. The normalized spacial score (nSPS) is 13.9. The van der Waals surface area contributed by atoms with Crippen LogP contribution in [-0.4, -0.2) is 49.9 Å². The number of aliphatic hydroxyl groups is 2. The lowest BCUT2D eigenvalue weighted by Crippen LogP contribution is -2.37. The van der Waals surface area contributed by atoms with Gasteiger partial charge in [-0.1, -0.05) is 4.98 Å². The van der Waals surface area contributed by atoms with Crippen molar-refractivity contribution in [3.63, 3.8) is 0 Å². The second-order valence-electron chi connectivity index (χ2n) is 3.65. The van der Waals surface area contributed by atoms with Crippen molar-refractivity contribution in [2.45, 2.75) is 19.1 Å². The topological polar surface area (TPSA) is 131 Å². The zero-order valence-electron chi connectivity index (χ0n) is 9.68. The number of rotatable bonds is 6. The molecule has 3 N–H and O–H groups in total. The highest BCUT2D eigenvalue weighted by Gasteiger charge is 2.25. The fourth-order valence-corrected chi connectivity index (χ4v) is 1.31. The monoisotopic (exact) mass is 258 g/mol. The highest BCUT2D eigenvalue weighted by molar-refractivity contribution is 5.80. The van der Waals surface area contributed by atoms with Gasteiger partial charge in [0.15, 0.2) is 6.04 Å². The summed E-state index contributed by atoms with van der Waals surface area (Å²) in [5.74, 6) is -0.941. The van der Waals surface area contributed by atoms with Crippen molar-refractivity contribution in [2.24, 2.45) is 0 Å². The van der Waals surface area contributed by atoms with Crippen molar-refractivity contribution in [3.05, 3.63) is 22.5 Å². The SMILES string of the molecule is CC(C(=O)NCC(O)CO)n1ccnc1[N+](=O)[O-]. The van der Waals surface area contributed by atoms with Gasteiger partial charge in [-0.3, -0.25) is 4.79 Å². The summed E-state index contributed by atoms with van der Waals surface area (Å²) in [5, 5.41) is 30.7. The van der Waals surface area contributed by atoms with E-state index in [0.29, 0.717) is 0 Å². The average Bonchev–Trinajstić information content (AvgIpc) is 2.83. The molecule has 0 spiro atoms. The highest BCUT2D eigenvalue weighted by atomic mass is 16.6. The van der Waals surface area contributed by atoms with Crippen LogP contribution >= 0.6 is 0 Å². The quantitative estimate of drug-likeness (QED) is 0.435. The third-order valence-electron chi connectivity index (χ3n) is 2.33. The lowest BCUT2D eigenvalue weighted by atomic mass is 10.3. The van der Waals surface area contributed by atoms with Crippen molar-refractivity contribution in [2.75, 3.05) is 13.2 Å². The van der Waals surface area contributed by atoms with Gasteiger partial charge >= 0.3 is 5.95 Å². The van der Waals surface area contributed by atoms with Gasteiger partial charge in [0.1, 0.15) is 12.4 Å². The van der Waals surface area contributed by atoms with E-state index in [1.165, 1.54) is 19.3 Å². The summed E-state index contributed by atoms with van der Waals surface area (Å²) in [4.78, 5) is 25.1. The Hall–Kier alpha value is -2.00. The Morgan fingerprint density at radius 2 is 2.39 bits per heavy atom. The average molecular weight is 258 g/mol. The van der Waals surface area contributed by atoms with Crippen molar-refractivity contribution < 1.29 is 19.9 Å². The Morgan fingerprint density at radius 1 is 1.72 bits per heavy atom.